The van der Waals surface area contributed by atoms with Crippen molar-refractivity contribution in [3.05, 3.63) is 149 Å². The smallest absolute Gasteiger partial charge is 0.338 e. The molecule has 3 aromatic rings. The van der Waals surface area contributed by atoms with Crippen LogP contribution >= 0.6 is 31.9 Å². The van der Waals surface area contributed by atoms with E-state index in [1.807, 2.05) is 24.3 Å². The molecule has 16 heterocycles. The molecule has 37 atom stereocenters. The van der Waals surface area contributed by atoms with Crippen molar-refractivity contribution in [3.63, 3.8) is 0 Å². The Hall–Kier alpha value is -4.40. The van der Waals surface area contributed by atoms with Gasteiger partial charge in [-0.3, -0.25) is 9.59 Å². The number of sulfone groups is 1. The standard InChI is InChI=1S/C61H87BrO13SSi.C55H83BrO11Si/c1-12-13-22-42-30-37(3)39(5)49(68-42)33-50-52(40(6)48(71-50)29-36(2)35-67-77(10,11)60(7,8)9)58(76(65,66)45-23-18-15-19-24-45)46(63)32-43-25-26-47-53(69-43)57-56-55(72-47)54-51(73-56)34-61(74-54,75-57)28-27-44(31-38(4)62)70-59(64)41-20-16-14-17-21-41;1-12-13-19-39-25-33(3)35(5)45(60-39)29-46-42(36(6)44(63-46)24-32(2)31-59-68(10,11)54(7,8)9)28-38(57)27-40-20-21-43-48(61-40)52-51-50(64-43)49-47(65-51)30-55(66-49,67-52)23-22-41(26-34(4)56)62-53(58)37-17-15-14-16-18-37/h14-21,23-24,36-37,40,42-44,47-58H,4-5,12-13,22,25-35H2,1-3,6-11H3;14-18,32-33,36,39-52H,4-5,12-13,19-31H2,1-3,6-11H3/t36-,37+,40-,42?,43+,44+,47-,48+,49+,50?,51+,52+,53-,54?,55-,56+,57?,58?,61-;32-,33+,36+,39?,40+,41+,42+,43-,44+,45+,46?,47+,48-,49?,50-,51+,52?,55-/m00/s1. The van der Waals surface area contributed by atoms with Gasteiger partial charge in [0.2, 0.25) is 0 Å². The van der Waals surface area contributed by atoms with Crippen LogP contribution in [0.3, 0.4) is 0 Å². The summed E-state index contributed by atoms with van der Waals surface area (Å²) in [6, 6.07) is 26.4. The van der Waals surface area contributed by atoms with Crippen LogP contribution < -0.4 is 0 Å². The number of carbonyl (C=O) groups excluding carboxylic acids is 4. The van der Waals surface area contributed by atoms with Crippen LogP contribution in [0.2, 0.25) is 36.3 Å². The molecule has 806 valence electrons. The summed E-state index contributed by atoms with van der Waals surface area (Å²) < 4.78 is 155. The second kappa shape index (κ2) is 47.5. The molecule has 9 unspecified atom stereocenters. The molecule has 16 aliphatic rings. The quantitative estimate of drug-likeness (QED) is 0.0289. The molecule has 0 N–H and O–H groups in total. The second-order valence-electron chi connectivity index (χ2n) is 48.8. The molecule has 0 amide bonds. The number of hydrogen-bond acceptors (Lipinski definition) is 24. The molecule has 145 heavy (non-hydrogen) atoms. The van der Waals surface area contributed by atoms with Gasteiger partial charge in [-0.15, -0.1) is 0 Å². The number of ketones is 2. The molecule has 0 spiro atoms. The average molecular weight is 2200 g/mol. The number of halogens is 2. The topological polar surface area (TPSA) is 269 Å². The van der Waals surface area contributed by atoms with Crippen LogP contribution in [0.15, 0.2) is 142 Å². The number of ether oxygens (including phenoxy) is 16. The van der Waals surface area contributed by atoms with E-state index in [-0.39, 0.29) is 167 Å². The number of Topliss-reactive ketones (excluding diaryl/α,β-unsaturated/α-hetero) is 2. The first kappa shape index (κ1) is 113. The molecular formula is C116H170Br2O24SSi2. The Morgan fingerprint density at radius 2 is 0.876 bits per heavy atom. The number of unbranched alkanes of at least 4 members (excludes halogenated alkanes) is 2. The number of carbonyl (C=O) groups is 4. The van der Waals surface area contributed by atoms with Crippen molar-refractivity contribution in [2.24, 2.45) is 47.3 Å². The lowest BCUT2D eigenvalue weighted by Gasteiger charge is -2.47. The third-order valence-corrected chi connectivity index (χ3v) is 47.6. The summed E-state index contributed by atoms with van der Waals surface area (Å²) in [6.07, 6.45) is 9.89. The molecule has 3 aromatic carbocycles. The Morgan fingerprint density at radius 1 is 0.476 bits per heavy atom. The van der Waals surface area contributed by atoms with E-state index in [0.717, 1.165) is 92.7 Å². The first-order valence-electron chi connectivity index (χ1n) is 55.1. The average Bonchev–Trinajstić information content (AvgIpc) is 1.55. The van der Waals surface area contributed by atoms with Crippen molar-refractivity contribution in [3.8, 4) is 0 Å². The van der Waals surface area contributed by atoms with E-state index in [0.29, 0.717) is 131 Å². The zero-order chi connectivity index (χ0) is 104. The lowest BCUT2D eigenvalue weighted by molar-refractivity contribution is -0.292. The predicted octanol–water partition coefficient (Wildman–Crippen LogP) is 23.7. The summed E-state index contributed by atoms with van der Waals surface area (Å²) in [7, 11) is -8.24. The van der Waals surface area contributed by atoms with Gasteiger partial charge in [0, 0.05) is 89.8 Å². The van der Waals surface area contributed by atoms with E-state index in [2.05, 4.69) is 181 Å². The summed E-state index contributed by atoms with van der Waals surface area (Å²) >= 11 is 6.99. The lowest BCUT2D eigenvalue weighted by Crippen LogP contribution is -2.62. The maximum absolute atomic E-state index is 15.7. The fraction of sp³-hybridized carbons (Fsp3) is 0.741. The van der Waals surface area contributed by atoms with Gasteiger partial charge in [0.25, 0.3) is 0 Å². The van der Waals surface area contributed by atoms with Gasteiger partial charge in [-0.05, 0) is 211 Å². The van der Waals surface area contributed by atoms with E-state index in [1.165, 1.54) is 0 Å². The molecule has 0 aliphatic carbocycles. The van der Waals surface area contributed by atoms with Crippen LogP contribution in [0.25, 0.3) is 0 Å². The highest BCUT2D eigenvalue weighted by molar-refractivity contribution is 9.12. The Bertz CT molecular complexity index is 5040. The summed E-state index contributed by atoms with van der Waals surface area (Å²) in [4.78, 5) is 56.6. The maximum atomic E-state index is 15.7. The number of hydrogen-bond donors (Lipinski definition) is 0. The first-order valence-corrected chi connectivity index (χ1v) is 64.1. The minimum Gasteiger partial charge on any atom is -0.458 e. The van der Waals surface area contributed by atoms with Crippen molar-refractivity contribution in [2.75, 3.05) is 13.2 Å². The van der Waals surface area contributed by atoms with E-state index in [1.54, 1.807) is 66.7 Å². The molecule has 29 heteroatoms. The van der Waals surface area contributed by atoms with Gasteiger partial charge < -0.3 is 84.6 Å². The second-order valence-corrected chi connectivity index (χ2v) is 62.7. The van der Waals surface area contributed by atoms with Crippen LogP contribution in [0.4, 0.5) is 0 Å². The summed E-state index contributed by atoms with van der Waals surface area (Å²) in [5.41, 5.74) is 3.11. The lowest BCUT2D eigenvalue weighted by atomic mass is 9.78. The number of rotatable bonds is 44. The van der Waals surface area contributed by atoms with Crippen LogP contribution in [0.1, 0.15) is 291 Å². The first-order chi connectivity index (χ1) is 68.7. The normalized spacial score (nSPS) is 37.2. The molecule has 19 rings (SSSR count). The van der Waals surface area contributed by atoms with Crippen molar-refractivity contribution in [1.82, 2.24) is 0 Å². The zero-order valence-electron chi connectivity index (χ0n) is 89.7. The SMILES string of the molecule is C=C(Br)C[C@@H](CC[C@@]12C[C@H]3O[C@H]4C(O1)[C@H]1O[C@@H](CC(=O)C([C@H]5C(C[C@H]6OC(CCCC)C[C@@H](C)C6=C)O[C@H](C[C@H](C)CO[Si](C)(C)C(C)(C)C)[C@@H]5C)S(=O)(=O)c5ccccc5)CC[C@@H]1O[C@H]4C3O2)OC(=O)c1ccccc1.C=C(Br)C[C@@H](CC[C@@]12C[C@H]3O[C@H]4C(O1)[C@H]1O[C@@H](CC(=O)C[C@H]5C(C[C@H]6OC(CCCC)C[C@@H](C)C6=C)O[C@H](C[C@H](C)CO[Si](C)(C)C(C)(C)C)[C@@H]5C)CC[C@@H]1O[C@H]4C3O2)OC(=O)c1ccccc1. The van der Waals surface area contributed by atoms with Gasteiger partial charge in [0.1, 0.15) is 84.3 Å². The fourth-order valence-corrected chi connectivity index (χ4v) is 30.4. The van der Waals surface area contributed by atoms with Gasteiger partial charge in [0.15, 0.2) is 43.8 Å². The Morgan fingerprint density at radius 3 is 1.31 bits per heavy atom. The minimum atomic E-state index is -4.28. The van der Waals surface area contributed by atoms with Crippen molar-refractivity contribution < 1.29 is 112 Å². The molecule has 0 saturated carbocycles. The fourth-order valence-electron chi connectivity index (χ4n) is 25.3. The van der Waals surface area contributed by atoms with Crippen LogP contribution in [0.5, 0.6) is 0 Å². The van der Waals surface area contributed by atoms with Crippen LogP contribution in [-0.2, 0) is 104 Å². The van der Waals surface area contributed by atoms with Gasteiger partial charge in [0.05, 0.1) is 101 Å². The molecule has 24 nitrogen and oxygen atoms in total. The summed E-state index contributed by atoms with van der Waals surface area (Å²) in [5, 5.41) is -1.23. The van der Waals surface area contributed by atoms with E-state index < -0.39 is 116 Å². The minimum absolute atomic E-state index is 0.0212. The van der Waals surface area contributed by atoms with E-state index >= 15 is 13.2 Å². The highest BCUT2D eigenvalue weighted by atomic mass is 79.9. The largest absolute Gasteiger partial charge is 0.458 e. The van der Waals surface area contributed by atoms with E-state index in [4.69, 9.17) is 84.6 Å². The zero-order valence-corrected chi connectivity index (χ0v) is 95.7. The monoisotopic (exact) mass is 2190 g/mol. The summed E-state index contributed by atoms with van der Waals surface area (Å²) in [5.74, 6) is -2.72. The number of benzene rings is 3. The molecule has 16 aliphatic heterocycles. The Labute approximate surface area is 884 Å². The number of fused-ring (bicyclic) bond motifs is 2. The highest BCUT2D eigenvalue weighted by Crippen LogP contribution is 2.58. The van der Waals surface area contributed by atoms with Crippen LogP contribution in [0, 0.1) is 47.3 Å². The molecule has 0 radical (unpaired) electrons. The summed E-state index contributed by atoms with van der Waals surface area (Å²) in [6.45, 7) is 58.9. The van der Waals surface area contributed by atoms with Gasteiger partial charge in [-0.2, -0.15) is 0 Å². The third kappa shape index (κ3) is 26.2. The third-order valence-electron chi connectivity index (χ3n) is 35.7. The van der Waals surface area contributed by atoms with Gasteiger partial charge >= 0.3 is 11.9 Å². The molecule has 16 saturated heterocycles. The van der Waals surface area contributed by atoms with Crippen molar-refractivity contribution in [2.45, 2.75) is 487 Å². The Kier molecular flexibility index (Phi) is 37.1. The van der Waals surface area contributed by atoms with Gasteiger partial charge in [-0.1, -0.05) is 235 Å². The maximum Gasteiger partial charge on any atom is 0.338 e. The number of esters is 2. The predicted molar refractivity (Wildman–Crippen MR) is 569 cm³/mol. The molecular weight excluding hydrogens is 2030 g/mol. The highest BCUT2D eigenvalue weighted by Gasteiger charge is 2.71. The van der Waals surface area contributed by atoms with Crippen molar-refractivity contribution in [1.29, 1.82) is 0 Å². The van der Waals surface area contributed by atoms with Crippen LogP contribution in [-0.4, -0.2) is 237 Å². The van der Waals surface area contributed by atoms with Crippen molar-refractivity contribution >= 4 is 81.8 Å². The molecule has 12 bridgehead atoms. The Balaban J connectivity index is 0.000000209. The molecule has 0 aromatic heterocycles. The van der Waals surface area contributed by atoms with E-state index in [9.17, 15) is 14.4 Å². The van der Waals surface area contributed by atoms with Gasteiger partial charge in [-0.25, -0.2) is 18.0 Å². The molecule has 16 fully saturated rings.